The molecule has 8 heteroatoms. The van der Waals surface area contributed by atoms with Gasteiger partial charge in [0.25, 0.3) is 5.56 Å². The maximum atomic E-state index is 13.1. The lowest BCUT2D eigenvalue weighted by Gasteiger charge is -2.37. The molecule has 1 aromatic heterocycles. The molecule has 0 bridgehead atoms. The lowest BCUT2D eigenvalue weighted by atomic mass is 10.1. The van der Waals surface area contributed by atoms with Crippen molar-refractivity contribution in [3.05, 3.63) is 64.7 Å². The van der Waals surface area contributed by atoms with Gasteiger partial charge in [-0.1, -0.05) is 24.3 Å². The molecule has 2 heterocycles. The number of benzene rings is 2. The molecule has 1 atom stereocenters. The number of nitrogens with zero attached hydrogens (tertiary/aromatic N) is 5. The van der Waals surface area contributed by atoms with Crippen LogP contribution in [0, 0.1) is 5.82 Å². The number of hydrogen-bond acceptors (Lipinski definition) is 5. The Morgan fingerprint density at radius 2 is 1.76 bits per heavy atom. The second kappa shape index (κ2) is 7.98. The van der Waals surface area contributed by atoms with Crippen LogP contribution in [0.15, 0.2) is 53.3 Å². The molecule has 1 aliphatic heterocycles. The lowest BCUT2D eigenvalue weighted by molar-refractivity contribution is -0.135. The van der Waals surface area contributed by atoms with Crippen LogP contribution >= 0.6 is 0 Å². The molecule has 1 saturated heterocycles. The smallest absolute Gasteiger partial charge is 0.278 e. The summed E-state index contributed by atoms with van der Waals surface area (Å²) in [6.07, 6.45) is 0.448. The van der Waals surface area contributed by atoms with Crippen molar-refractivity contribution in [2.24, 2.45) is 0 Å². The second-order valence-corrected chi connectivity index (χ2v) is 7.07. The van der Waals surface area contributed by atoms with Crippen LogP contribution in [-0.2, 0) is 4.79 Å². The molecule has 1 fully saturated rings. The van der Waals surface area contributed by atoms with E-state index in [2.05, 4.69) is 15.2 Å². The van der Waals surface area contributed by atoms with Crippen LogP contribution in [0.1, 0.15) is 19.4 Å². The Morgan fingerprint density at radius 3 is 2.45 bits per heavy atom. The average Bonchev–Trinajstić information content (AvgIpc) is 2.76. The SMILES string of the molecule is CC[C@@H](C(=O)N1CCN(c2ccc(F)cc2)CC1)n1nnc2ccccc2c1=O. The summed E-state index contributed by atoms with van der Waals surface area (Å²) in [5, 5.41) is 8.58. The molecule has 150 valence electrons. The molecule has 0 aliphatic carbocycles. The van der Waals surface area contributed by atoms with Crippen molar-refractivity contribution in [2.75, 3.05) is 31.1 Å². The van der Waals surface area contributed by atoms with Crippen molar-refractivity contribution in [2.45, 2.75) is 19.4 Å². The van der Waals surface area contributed by atoms with Gasteiger partial charge in [-0.3, -0.25) is 9.59 Å². The number of rotatable bonds is 4. The van der Waals surface area contributed by atoms with Crippen LogP contribution in [0.5, 0.6) is 0 Å². The standard InChI is InChI=1S/C21H22FN5O2/c1-2-19(27-20(28)17-5-3-4-6-18(17)23-24-27)21(29)26-13-11-25(12-14-26)16-9-7-15(22)8-10-16/h3-10,19H,2,11-14H2,1H3/t19-/m0/s1. The minimum absolute atomic E-state index is 0.127. The third-order valence-corrected chi connectivity index (χ3v) is 5.34. The summed E-state index contributed by atoms with van der Waals surface area (Å²) >= 11 is 0. The summed E-state index contributed by atoms with van der Waals surface area (Å²) in [5.41, 5.74) is 1.15. The van der Waals surface area contributed by atoms with Gasteiger partial charge in [0.1, 0.15) is 17.4 Å². The number of anilines is 1. The van der Waals surface area contributed by atoms with E-state index in [4.69, 9.17) is 0 Å². The number of carbonyl (C=O) groups excluding carboxylic acids is 1. The molecule has 0 radical (unpaired) electrons. The summed E-state index contributed by atoms with van der Waals surface area (Å²) in [6, 6.07) is 12.7. The topological polar surface area (TPSA) is 71.3 Å². The van der Waals surface area contributed by atoms with Gasteiger partial charge >= 0.3 is 0 Å². The molecular formula is C21H22FN5O2. The molecule has 3 aromatic rings. The minimum atomic E-state index is -0.683. The van der Waals surface area contributed by atoms with E-state index in [1.807, 2.05) is 6.92 Å². The summed E-state index contributed by atoms with van der Waals surface area (Å²) in [5.74, 6) is -0.395. The maximum absolute atomic E-state index is 13.1. The molecule has 0 unspecified atom stereocenters. The van der Waals surface area contributed by atoms with Crippen LogP contribution in [0.4, 0.5) is 10.1 Å². The third-order valence-electron chi connectivity index (χ3n) is 5.34. The second-order valence-electron chi connectivity index (χ2n) is 7.07. The predicted molar refractivity (Wildman–Crippen MR) is 108 cm³/mol. The molecule has 1 amide bonds. The third kappa shape index (κ3) is 3.70. The molecule has 0 saturated carbocycles. The van der Waals surface area contributed by atoms with Crippen LogP contribution in [-0.4, -0.2) is 52.0 Å². The van der Waals surface area contributed by atoms with Gasteiger partial charge in [-0.15, -0.1) is 5.10 Å². The van der Waals surface area contributed by atoms with E-state index in [0.717, 1.165) is 5.69 Å². The molecule has 0 N–H and O–H groups in total. The minimum Gasteiger partial charge on any atom is -0.368 e. The Kier molecular flexibility index (Phi) is 5.24. The van der Waals surface area contributed by atoms with Crippen LogP contribution in [0.25, 0.3) is 10.9 Å². The molecule has 29 heavy (non-hydrogen) atoms. The van der Waals surface area contributed by atoms with Crippen molar-refractivity contribution < 1.29 is 9.18 Å². The number of aromatic nitrogens is 3. The van der Waals surface area contributed by atoms with E-state index in [0.29, 0.717) is 43.5 Å². The number of fused-ring (bicyclic) bond motifs is 1. The number of amides is 1. The maximum Gasteiger partial charge on any atom is 0.278 e. The van der Waals surface area contributed by atoms with Crippen LogP contribution < -0.4 is 10.5 Å². The van der Waals surface area contributed by atoms with Gasteiger partial charge in [0.2, 0.25) is 5.91 Å². The molecule has 4 rings (SSSR count). The Labute approximate surface area is 167 Å². The van der Waals surface area contributed by atoms with E-state index in [9.17, 15) is 14.0 Å². The first-order chi connectivity index (χ1) is 14.1. The fourth-order valence-electron chi connectivity index (χ4n) is 3.71. The summed E-state index contributed by atoms with van der Waals surface area (Å²) in [6.45, 7) is 4.21. The first-order valence-corrected chi connectivity index (χ1v) is 9.72. The fraction of sp³-hybridized carbons (Fsp3) is 0.333. The zero-order valence-corrected chi connectivity index (χ0v) is 16.2. The number of carbonyl (C=O) groups is 1. The molecule has 0 spiro atoms. The van der Waals surface area contributed by atoms with Gasteiger partial charge < -0.3 is 9.80 Å². The van der Waals surface area contributed by atoms with Gasteiger partial charge in [-0.25, -0.2) is 4.39 Å². The van der Waals surface area contributed by atoms with Gasteiger partial charge in [0, 0.05) is 31.9 Å². The normalized spacial score (nSPS) is 15.5. The number of hydrogen-bond donors (Lipinski definition) is 0. The Hall–Kier alpha value is -3.29. The monoisotopic (exact) mass is 395 g/mol. The lowest BCUT2D eigenvalue weighted by Crippen LogP contribution is -2.51. The summed E-state index contributed by atoms with van der Waals surface area (Å²) in [4.78, 5) is 29.8. The Bertz CT molecular complexity index is 1070. The average molecular weight is 395 g/mol. The Morgan fingerprint density at radius 1 is 1.07 bits per heavy atom. The number of piperazine rings is 1. The quantitative estimate of drug-likeness (QED) is 0.678. The molecular weight excluding hydrogens is 373 g/mol. The highest BCUT2D eigenvalue weighted by molar-refractivity contribution is 5.81. The molecule has 2 aromatic carbocycles. The largest absolute Gasteiger partial charge is 0.368 e. The molecule has 1 aliphatic rings. The first kappa shape index (κ1) is 19.0. The van der Waals surface area contributed by atoms with Gasteiger partial charge in [-0.2, -0.15) is 4.68 Å². The van der Waals surface area contributed by atoms with Gasteiger partial charge in [0.05, 0.1) is 5.39 Å². The van der Waals surface area contributed by atoms with E-state index < -0.39 is 6.04 Å². The van der Waals surface area contributed by atoms with E-state index >= 15 is 0 Å². The predicted octanol–water partition coefficient (Wildman–Crippen LogP) is 2.23. The summed E-state index contributed by atoms with van der Waals surface area (Å²) in [7, 11) is 0. The van der Waals surface area contributed by atoms with Crippen molar-refractivity contribution in [3.63, 3.8) is 0 Å². The Balaban J connectivity index is 1.51. The summed E-state index contributed by atoms with van der Waals surface area (Å²) < 4.78 is 14.3. The highest BCUT2D eigenvalue weighted by Gasteiger charge is 2.29. The highest BCUT2D eigenvalue weighted by atomic mass is 19.1. The zero-order valence-electron chi connectivity index (χ0n) is 16.2. The number of halogens is 1. The van der Waals surface area contributed by atoms with Gasteiger partial charge in [-0.05, 0) is 42.8 Å². The van der Waals surface area contributed by atoms with Crippen LogP contribution in [0.2, 0.25) is 0 Å². The highest BCUT2D eigenvalue weighted by Crippen LogP contribution is 2.19. The zero-order chi connectivity index (χ0) is 20.4. The fourth-order valence-corrected chi connectivity index (χ4v) is 3.71. The van der Waals surface area contributed by atoms with Gasteiger partial charge in [0.15, 0.2) is 0 Å². The van der Waals surface area contributed by atoms with E-state index in [-0.39, 0.29) is 17.3 Å². The van der Waals surface area contributed by atoms with E-state index in [1.54, 1.807) is 41.3 Å². The van der Waals surface area contributed by atoms with Crippen LogP contribution in [0.3, 0.4) is 0 Å². The van der Waals surface area contributed by atoms with Crippen molar-refractivity contribution in [1.82, 2.24) is 19.9 Å². The first-order valence-electron chi connectivity index (χ1n) is 9.72. The van der Waals surface area contributed by atoms with Crippen molar-refractivity contribution >= 4 is 22.5 Å². The van der Waals surface area contributed by atoms with E-state index in [1.165, 1.54) is 16.8 Å². The van der Waals surface area contributed by atoms with Crippen molar-refractivity contribution in [1.29, 1.82) is 0 Å². The molecule has 7 nitrogen and oxygen atoms in total. The van der Waals surface area contributed by atoms with Crippen molar-refractivity contribution in [3.8, 4) is 0 Å².